The standard InChI is InChI=1S/C9H6N4OS/c10-9-6(4-11-14-9)5-1-2-8-7(3-5)12-13-15-8/h1-4H,10H2. The second-order valence-electron chi connectivity index (χ2n) is 3.06. The highest BCUT2D eigenvalue weighted by atomic mass is 32.1. The fourth-order valence-corrected chi connectivity index (χ4v) is 1.95. The third-order valence-corrected chi connectivity index (χ3v) is 2.86. The van der Waals surface area contributed by atoms with Crippen molar-refractivity contribution in [2.75, 3.05) is 5.73 Å². The minimum atomic E-state index is 0.317. The van der Waals surface area contributed by atoms with Crippen LogP contribution in [0, 0.1) is 0 Å². The summed E-state index contributed by atoms with van der Waals surface area (Å²) in [6.07, 6.45) is 1.59. The zero-order valence-electron chi connectivity index (χ0n) is 7.54. The van der Waals surface area contributed by atoms with E-state index in [1.165, 1.54) is 11.5 Å². The SMILES string of the molecule is Nc1oncc1-c1ccc2snnc2c1. The Morgan fingerprint density at radius 2 is 2.27 bits per heavy atom. The minimum Gasteiger partial charge on any atom is -0.367 e. The van der Waals surface area contributed by atoms with Crippen molar-refractivity contribution in [2.45, 2.75) is 0 Å². The van der Waals surface area contributed by atoms with Crippen molar-refractivity contribution < 1.29 is 4.52 Å². The van der Waals surface area contributed by atoms with Gasteiger partial charge in [0.2, 0.25) is 5.88 Å². The number of nitrogens with two attached hydrogens (primary N) is 1. The molecule has 0 aliphatic rings. The summed E-state index contributed by atoms with van der Waals surface area (Å²) in [5.74, 6) is 0.317. The third kappa shape index (κ3) is 1.26. The number of hydrogen-bond donors (Lipinski definition) is 1. The first-order valence-corrected chi connectivity index (χ1v) is 5.04. The molecule has 0 fully saturated rings. The summed E-state index contributed by atoms with van der Waals surface area (Å²) in [5.41, 5.74) is 8.21. The molecule has 1 aromatic carbocycles. The van der Waals surface area contributed by atoms with Gasteiger partial charge in [0.1, 0.15) is 5.52 Å². The number of anilines is 1. The molecule has 0 radical (unpaired) electrons. The molecule has 2 N–H and O–H groups in total. The van der Waals surface area contributed by atoms with Gasteiger partial charge < -0.3 is 10.3 Å². The van der Waals surface area contributed by atoms with E-state index >= 15 is 0 Å². The molecule has 5 nitrogen and oxygen atoms in total. The van der Waals surface area contributed by atoms with Gasteiger partial charge in [-0.05, 0) is 29.2 Å². The molecule has 15 heavy (non-hydrogen) atoms. The first-order chi connectivity index (χ1) is 7.34. The molecular weight excluding hydrogens is 212 g/mol. The number of nitrogens with zero attached hydrogens (tertiary/aromatic N) is 3. The molecule has 0 saturated heterocycles. The zero-order chi connectivity index (χ0) is 10.3. The number of hydrogen-bond acceptors (Lipinski definition) is 6. The molecule has 0 atom stereocenters. The van der Waals surface area contributed by atoms with E-state index in [1.807, 2.05) is 18.2 Å². The minimum absolute atomic E-state index is 0.317. The van der Waals surface area contributed by atoms with E-state index in [2.05, 4.69) is 14.7 Å². The van der Waals surface area contributed by atoms with Crippen LogP contribution in [0.1, 0.15) is 0 Å². The maximum Gasteiger partial charge on any atom is 0.229 e. The van der Waals surface area contributed by atoms with Crippen LogP contribution in [0.25, 0.3) is 21.3 Å². The van der Waals surface area contributed by atoms with Crippen molar-refractivity contribution in [3.05, 3.63) is 24.4 Å². The van der Waals surface area contributed by atoms with Gasteiger partial charge in [0, 0.05) is 0 Å². The fourth-order valence-electron chi connectivity index (χ4n) is 1.41. The van der Waals surface area contributed by atoms with E-state index in [9.17, 15) is 0 Å². The van der Waals surface area contributed by atoms with E-state index in [0.717, 1.165) is 21.3 Å². The van der Waals surface area contributed by atoms with Crippen LogP contribution in [0.2, 0.25) is 0 Å². The molecule has 0 aliphatic heterocycles. The maximum atomic E-state index is 5.63. The first-order valence-electron chi connectivity index (χ1n) is 4.27. The summed E-state index contributed by atoms with van der Waals surface area (Å²) in [7, 11) is 0. The molecule has 0 aliphatic carbocycles. The maximum absolute atomic E-state index is 5.63. The number of rotatable bonds is 1. The van der Waals surface area contributed by atoms with Crippen LogP contribution in [-0.4, -0.2) is 14.7 Å². The lowest BCUT2D eigenvalue weighted by Gasteiger charge is -1.96. The van der Waals surface area contributed by atoms with Gasteiger partial charge in [-0.15, -0.1) is 5.10 Å². The van der Waals surface area contributed by atoms with Crippen molar-refractivity contribution >= 4 is 27.6 Å². The van der Waals surface area contributed by atoms with E-state index in [-0.39, 0.29) is 0 Å². The third-order valence-electron chi connectivity index (χ3n) is 2.16. The summed E-state index contributed by atoms with van der Waals surface area (Å²) >= 11 is 1.37. The lowest BCUT2D eigenvalue weighted by atomic mass is 10.1. The van der Waals surface area contributed by atoms with Gasteiger partial charge in [-0.3, -0.25) is 0 Å². The summed E-state index contributed by atoms with van der Waals surface area (Å²) in [6, 6.07) is 5.83. The van der Waals surface area contributed by atoms with Crippen molar-refractivity contribution in [1.82, 2.24) is 14.7 Å². The molecule has 0 unspecified atom stereocenters. The van der Waals surface area contributed by atoms with Crippen LogP contribution in [0.4, 0.5) is 5.88 Å². The predicted molar refractivity (Wildman–Crippen MR) is 57.3 cm³/mol. The van der Waals surface area contributed by atoms with Crippen LogP contribution in [0.3, 0.4) is 0 Å². The lowest BCUT2D eigenvalue weighted by molar-refractivity contribution is 0.436. The normalized spacial score (nSPS) is 10.9. The van der Waals surface area contributed by atoms with Crippen LogP contribution in [0.15, 0.2) is 28.9 Å². The summed E-state index contributed by atoms with van der Waals surface area (Å²) in [6.45, 7) is 0. The Kier molecular flexibility index (Phi) is 1.69. The molecule has 3 rings (SSSR count). The van der Waals surface area contributed by atoms with Gasteiger partial charge in [0.05, 0.1) is 16.5 Å². The molecule has 0 amide bonds. The van der Waals surface area contributed by atoms with Crippen molar-refractivity contribution in [1.29, 1.82) is 0 Å². The first kappa shape index (κ1) is 8.37. The summed E-state index contributed by atoms with van der Waals surface area (Å²) in [4.78, 5) is 0. The van der Waals surface area contributed by atoms with Crippen molar-refractivity contribution in [2.24, 2.45) is 0 Å². The topological polar surface area (TPSA) is 77.8 Å². The number of aromatic nitrogens is 3. The van der Waals surface area contributed by atoms with Gasteiger partial charge in [0.25, 0.3) is 0 Å². The summed E-state index contributed by atoms with van der Waals surface area (Å²) in [5, 5.41) is 7.63. The molecule has 3 aromatic rings. The van der Waals surface area contributed by atoms with Gasteiger partial charge in [-0.25, -0.2) is 0 Å². The Balaban J connectivity index is 2.23. The Labute approximate surface area is 88.7 Å². The molecule has 0 spiro atoms. The van der Waals surface area contributed by atoms with Crippen molar-refractivity contribution in [3.63, 3.8) is 0 Å². The lowest BCUT2D eigenvalue weighted by Crippen LogP contribution is -1.84. The molecule has 0 saturated carbocycles. The average Bonchev–Trinajstić information content (AvgIpc) is 2.84. The monoisotopic (exact) mass is 218 g/mol. The molecule has 74 valence electrons. The Bertz CT molecular complexity index is 615. The van der Waals surface area contributed by atoms with E-state index < -0.39 is 0 Å². The van der Waals surface area contributed by atoms with E-state index in [4.69, 9.17) is 10.3 Å². The van der Waals surface area contributed by atoms with Gasteiger partial charge >= 0.3 is 0 Å². The van der Waals surface area contributed by atoms with Gasteiger partial charge in [-0.1, -0.05) is 15.7 Å². The predicted octanol–water partition coefficient (Wildman–Crippen LogP) is 1.93. The van der Waals surface area contributed by atoms with Crippen molar-refractivity contribution in [3.8, 4) is 11.1 Å². The second kappa shape index (κ2) is 3.03. The molecule has 0 bridgehead atoms. The van der Waals surface area contributed by atoms with Crippen LogP contribution in [-0.2, 0) is 0 Å². The van der Waals surface area contributed by atoms with E-state index in [0.29, 0.717) is 5.88 Å². The molecule has 6 heteroatoms. The quantitative estimate of drug-likeness (QED) is 0.675. The number of nitrogen functional groups attached to an aromatic ring is 1. The molecule has 2 aromatic heterocycles. The summed E-state index contributed by atoms with van der Waals surface area (Å²) < 4.78 is 9.72. The number of benzene rings is 1. The highest BCUT2D eigenvalue weighted by Gasteiger charge is 2.08. The van der Waals surface area contributed by atoms with Gasteiger partial charge in [0.15, 0.2) is 0 Å². The average molecular weight is 218 g/mol. The molecular formula is C9H6N4OS. The Morgan fingerprint density at radius 1 is 1.33 bits per heavy atom. The van der Waals surface area contributed by atoms with Crippen LogP contribution >= 0.6 is 11.5 Å². The highest BCUT2D eigenvalue weighted by molar-refractivity contribution is 7.12. The van der Waals surface area contributed by atoms with Crippen LogP contribution < -0.4 is 5.73 Å². The van der Waals surface area contributed by atoms with Crippen LogP contribution in [0.5, 0.6) is 0 Å². The highest BCUT2D eigenvalue weighted by Crippen LogP contribution is 2.28. The molecule has 2 heterocycles. The number of fused-ring (bicyclic) bond motifs is 1. The zero-order valence-corrected chi connectivity index (χ0v) is 8.36. The largest absolute Gasteiger partial charge is 0.367 e. The Hall–Kier alpha value is -1.95. The smallest absolute Gasteiger partial charge is 0.229 e. The Morgan fingerprint density at radius 3 is 3.07 bits per heavy atom. The van der Waals surface area contributed by atoms with E-state index in [1.54, 1.807) is 6.20 Å². The second-order valence-corrected chi connectivity index (χ2v) is 3.84. The van der Waals surface area contributed by atoms with Gasteiger partial charge in [-0.2, -0.15) is 0 Å². The fraction of sp³-hybridized carbons (Fsp3) is 0.